The fraction of sp³-hybridized carbons (Fsp3) is 0.538. The number of halogens is 2. The molecule has 2 nitrogen and oxygen atoms in total. The molecule has 0 saturated heterocycles. The van der Waals surface area contributed by atoms with Crippen molar-refractivity contribution in [3.8, 4) is 5.75 Å². The number of hydrogen-bond donors (Lipinski definition) is 1. The molecule has 1 unspecified atom stereocenters. The number of alkyl halides is 2. The van der Waals surface area contributed by atoms with Crippen LogP contribution in [0.5, 0.6) is 5.75 Å². The minimum Gasteiger partial charge on any atom is -0.493 e. The summed E-state index contributed by atoms with van der Waals surface area (Å²) < 4.78 is 5.44. The van der Waals surface area contributed by atoms with Crippen LogP contribution in [0.3, 0.4) is 0 Å². The van der Waals surface area contributed by atoms with Gasteiger partial charge in [-0.05, 0) is 37.0 Å². The lowest BCUT2D eigenvalue weighted by molar-refractivity contribution is 0.164. The van der Waals surface area contributed by atoms with Gasteiger partial charge in [0, 0.05) is 11.2 Å². The topological polar surface area (TPSA) is 29.5 Å². The Labute approximate surface area is 116 Å². The van der Waals surface area contributed by atoms with E-state index in [9.17, 15) is 5.11 Å². The van der Waals surface area contributed by atoms with Crippen molar-refractivity contribution in [2.24, 2.45) is 0 Å². The van der Waals surface area contributed by atoms with E-state index in [4.69, 9.17) is 16.3 Å². The summed E-state index contributed by atoms with van der Waals surface area (Å²) in [5, 5.41) is 10.7. The fourth-order valence-electron chi connectivity index (χ4n) is 1.54. The highest BCUT2D eigenvalue weighted by molar-refractivity contribution is 9.09. The van der Waals surface area contributed by atoms with E-state index in [0.717, 1.165) is 35.9 Å². The first-order chi connectivity index (χ1) is 8.27. The third-order valence-corrected chi connectivity index (χ3v) is 3.06. The summed E-state index contributed by atoms with van der Waals surface area (Å²) in [7, 11) is 0. The van der Waals surface area contributed by atoms with Gasteiger partial charge in [0.1, 0.15) is 5.75 Å². The molecule has 0 aliphatic carbocycles. The smallest absolute Gasteiger partial charge is 0.119 e. The molecule has 0 aromatic heterocycles. The van der Waals surface area contributed by atoms with Crippen molar-refractivity contribution in [1.82, 2.24) is 0 Å². The largest absolute Gasteiger partial charge is 0.493 e. The molecular weight excluding hydrogens is 303 g/mol. The molecular formula is C13H18BrClO2. The van der Waals surface area contributed by atoms with Crippen LogP contribution in [0.2, 0.25) is 0 Å². The van der Waals surface area contributed by atoms with E-state index in [1.165, 1.54) is 0 Å². The highest BCUT2D eigenvalue weighted by Crippen LogP contribution is 2.22. The van der Waals surface area contributed by atoms with Gasteiger partial charge >= 0.3 is 0 Å². The summed E-state index contributed by atoms with van der Waals surface area (Å²) in [6.07, 6.45) is 2.26. The van der Waals surface area contributed by atoms with E-state index < -0.39 is 6.10 Å². The van der Waals surface area contributed by atoms with E-state index in [2.05, 4.69) is 15.9 Å². The molecule has 96 valence electrons. The fourth-order valence-corrected chi connectivity index (χ4v) is 1.89. The lowest BCUT2D eigenvalue weighted by atomic mass is 10.0. The van der Waals surface area contributed by atoms with Gasteiger partial charge in [0.15, 0.2) is 0 Å². The van der Waals surface area contributed by atoms with E-state index >= 15 is 0 Å². The van der Waals surface area contributed by atoms with Gasteiger partial charge in [-0.3, -0.25) is 0 Å². The van der Waals surface area contributed by atoms with Gasteiger partial charge < -0.3 is 9.84 Å². The number of benzene rings is 1. The summed E-state index contributed by atoms with van der Waals surface area (Å²) in [6.45, 7) is 0.650. The zero-order valence-electron chi connectivity index (χ0n) is 9.74. The Bertz CT molecular complexity index is 303. The van der Waals surface area contributed by atoms with Crippen molar-refractivity contribution >= 4 is 27.5 Å². The lowest BCUT2D eigenvalue weighted by Gasteiger charge is -2.11. The number of hydrogen-bond acceptors (Lipinski definition) is 2. The third kappa shape index (κ3) is 5.75. The van der Waals surface area contributed by atoms with Gasteiger partial charge in [-0.1, -0.05) is 28.1 Å². The van der Waals surface area contributed by atoms with Crippen LogP contribution in [-0.4, -0.2) is 22.9 Å². The molecule has 0 saturated carbocycles. The SMILES string of the molecule is OC(CCCCCl)c1ccc(OCCBr)cc1. The predicted octanol–water partition coefficient (Wildman–Crippen LogP) is 3.90. The Morgan fingerprint density at radius 2 is 1.94 bits per heavy atom. The van der Waals surface area contributed by atoms with Crippen molar-refractivity contribution in [2.45, 2.75) is 25.4 Å². The van der Waals surface area contributed by atoms with Crippen LogP contribution in [0.15, 0.2) is 24.3 Å². The Morgan fingerprint density at radius 3 is 2.53 bits per heavy atom. The van der Waals surface area contributed by atoms with Gasteiger partial charge in [0.05, 0.1) is 12.7 Å². The highest BCUT2D eigenvalue weighted by Gasteiger charge is 2.06. The molecule has 4 heteroatoms. The molecule has 0 amide bonds. The molecule has 0 heterocycles. The van der Waals surface area contributed by atoms with E-state index in [1.54, 1.807) is 0 Å². The van der Waals surface area contributed by atoms with E-state index in [0.29, 0.717) is 12.5 Å². The van der Waals surface area contributed by atoms with Crippen LogP contribution in [-0.2, 0) is 0 Å². The van der Waals surface area contributed by atoms with Crippen LogP contribution >= 0.6 is 27.5 Å². The van der Waals surface area contributed by atoms with E-state index in [1.807, 2.05) is 24.3 Å². The number of aliphatic hydroxyl groups is 1. The molecule has 0 bridgehead atoms. The summed E-state index contributed by atoms with van der Waals surface area (Å²) in [6, 6.07) is 7.61. The second-order valence-corrected chi connectivity index (χ2v) is 4.98. The molecule has 0 radical (unpaired) electrons. The molecule has 0 aliphatic heterocycles. The third-order valence-electron chi connectivity index (χ3n) is 2.47. The van der Waals surface area contributed by atoms with Crippen molar-refractivity contribution in [3.63, 3.8) is 0 Å². The Balaban J connectivity index is 2.43. The van der Waals surface area contributed by atoms with E-state index in [-0.39, 0.29) is 0 Å². The van der Waals surface area contributed by atoms with Gasteiger partial charge in [0.2, 0.25) is 0 Å². The molecule has 1 atom stereocenters. The lowest BCUT2D eigenvalue weighted by Crippen LogP contribution is -2.00. The van der Waals surface area contributed by atoms with Gasteiger partial charge in [-0.25, -0.2) is 0 Å². The van der Waals surface area contributed by atoms with Crippen molar-refractivity contribution < 1.29 is 9.84 Å². The van der Waals surface area contributed by atoms with Crippen LogP contribution < -0.4 is 4.74 Å². The molecule has 0 spiro atoms. The van der Waals surface area contributed by atoms with Crippen LogP contribution in [0.4, 0.5) is 0 Å². The zero-order valence-corrected chi connectivity index (χ0v) is 12.1. The normalized spacial score (nSPS) is 12.4. The van der Waals surface area contributed by atoms with Gasteiger partial charge in [-0.15, -0.1) is 11.6 Å². The standard InChI is InChI=1S/C13H18BrClO2/c14-8-10-17-12-6-4-11(5-7-12)13(16)3-1-2-9-15/h4-7,13,16H,1-3,8-10H2. The number of aliphatic hydroxyl groups excluding tert-OH is 1. The monoisotopic (exact) mass is 320 g/mol. The minimum absolute atomic E-state index is 0.400. The Kier molecular flexibility index (Phi) is 7.65. The minimum atomic E-state index is -0.400. The summed E-state index contributed by atoms with van der Waals surface area (Å²) in [4.78, 5) is 0. The summed E-state index contributed by atoms with van der Waals surface area (Å²) >= 11 is 8.90. The van der Waals surface area contributed by atoms with Crippen LogP contribution in [0.1, 0.15) is 30.9 Å². The first-order valence-electron chi connectivity index (χ1n) is 5.80. The van der Waals surface area contributed by atoms with Crippen molar-refractivity contribution in [3.05, 3.63) is 29.8 Å². The predicted molar refractivity (Wildman–Crippen MR) is 75.3 cm³/mol. The molecule has 1 aromatic rings. The molecule has 1 N–H and O–H groups in total. The van der Waals surface area contributed by atoms with Crippen molar-refractivity contribution in [1.29, 1.82) is 0 Å². The number of rotatable bonds is 8. The molecule has 0 aliphatic rings. The molecule has 1 rings (SSSR count). The maximum Gasteiger partial charge on any atom is 0.119 e. The van der Waals surface area contributed by atoms with Crippen molar-refractivity contribution in [2.75, 3.05) is 17.8 Å². The molecule has 1 aromatic carbocycles. The quantitative estimate of drug-likeness (QED) is 0.581. The first-order valence-corrected chi connectivity index (χ1v) is 7.46. The average Bonchev–Trinajstić information content (AvgIpc) is 2.37. The second kappa shape index (κ2) is 8.78. The summed E-state index contributed by atoms with van der Waals surface area (Å²) in [5.41, 5.74) is 0.936. The first kappa shape index (κ1) is 14.8. The maximum absolute atomic E-state index is 9.92. The second-order valence-electron chi connectivity index (χ2n) is 3.81. The van der Waals surface area contributed by atoms with Gasteiger partial charge in [-0.2, -0.15) is 0 Å². The Morgan fingerprint density at radius 1 is 1.24 bits per heavy atom. The number of ether oxygens (including phenoxy) is 1. The Hall–Kier alpha value is -0.250. The van der Waals surface area contributed by atoms with Crippen LogP contribution in [0.25, 0.3) is 0 Å². The average molecular weight is 322 g/mol. The zero-order chi connectivity index (χ0) is 12.5. The molecule has 0 fully saturated rings. The van der Waals surface area contributed by atoms with Crippen LogP contribution in [0, 0.1) is 0 Å². The van der Waals surface area contributed by atoms with Gasteiger partial charge in [0.25, 0.3) is 0 Å². The highest BCUT2D eigenvalue weighted by atomic mass is 79.9. The number of unbranched alkanes of at least 4 members (excludes halogenated alkanes) is 1. The molecule has 17 heavy (non-hydrogen) atoms. The summed E-state index contributed by atoms with van der Waals surface area (Å²) in [5.74, 6) is 1.49. The maximum atomic E-state index is 9.92.